The summed E-state index contributed by atoms with van der Waals surface area (Å²) in [6, 6.07) is 7.63. The minimum Gasteiger partial charge on any atom is -0.306 e. The minimum atomic E-state index is -0.119. The van der Waals surface area contributed by atoms with Crippen molar-refractivity contribution in [3.05, 3.63) is 52.8 Å². The molecule has 0 saturated carbocycles. The number of carbonyl (C=O) groups excluding carboxylic acids is 1. The molecule has 22 heavy (non-hydrogen) atoms. The Morgan fingerprint density at radius 1 is 1.27 bits per heavy atom. The molecule has 0 bridgehead atoms. The van der Waals surface area contributed by atoms with Crippen LogP contribution in [0.3, 0.4) is 0 Å². The summed E-state index contributed by atoms with van der Waals surface area (Å²) in [6.07, 6.45) is 3.59. The van der Waals surface area contributed by atoms with Gasteiger partial charge in [-0.1, -0.05) is 0 Å². The maximum atomic E-state index is 12.4. The molecule has 0 atom stereocenters. The van der Waals surface area contributed by atoms with E-state index in [1.807, 2.05) is 51.4 Å². The average Bonchev–Trinajstić information content (AvgIpc) is 3.07. The smallest absolute Gasteiger partial charge is 0.266 e. The highest BCUT2D eigenvalue weighted by Gasteiger charge is 2.13. The highest BCUT2D eigenvalue weighted by atomic mass is 32.1. The minimum absolute atomic E-state index is 0.119. The van der Waals surface area contributed by atoms with Crippen LogP contribution in [0.5, 0.6) is 0 Å². The van der Waals surface area contributed by atoms with Crippen LogP contribution in [0.4, 0.5) is 5.82 Å². The number of aryl methyl sites for hydroxylation is 3. The van der Waals surface area contributed by atoms with Crippen LogP contribution in [0.2, 0.25) is 0 Å². The number of amides is 1. The lowest BCUT2D eigenvalue weighted by atomic mass is 10.1. The summed E-state index contributed by atoms with van der Waals surface area (Å²) in [5.41, 5.74) is 3.08. The average molecular weight is 312 g/mol. The van der Waals surface area contributed by atoms with Crippen LogP contribution >= 0.6 is 11.3 Å². The van der Waals surface area contributed by atoms with Crippen LogP contribution < -0.4 is 5.32 Å². The van der Waals surface area contributed by atoms with Gasteiger partial charge in [0.1, 0.15) is 5.82 Å². The predicted molar refractivity (Wildman–Crippen MR) is 88.2 cm³/mol. The van der Waals surface area contributed by atoms with Crippen LogP contribution in [0, 0.1) is 13.8 Å². The van der Waals surface area contributed by atoms with Crippen molar-refractivity contribution >= 4 is 23.1 Å². The number of pyridine rings is 1. The lowest BCUT2D eigenvalue weighted by Crippen LogP contribution is -2.13. The third kappa shape index (κ3) is 2.78. The van der Waals surface area contributed by atoms with E-state index >= 15 is 0 Å². The number of nitrogens with zero attached hydrogens (tertiary/aromatic N) is 3. The van der Waals surface area contributed by atoms with E-state index in [1.54, 1.807) is 10.9 Å². The van der Waals surface area contributed by atoms with E-state index in [9.17, 15) is 4.79 Å². The van der Waals surface area contributed by atoms with Gasteiger partial charge in [-0.3, -0.25) is 14.5 Å². The van der Waals surface area contributed by atoms with E-state index in [0.29, 0.717) is 10.7 Å². The summed E-state index contributed by atoms with van der Waals surface area (Å²) in [7, 11) is 1.81. The molecule has 0 aromatic carbocycles. The number of hydrogen-bond donors (Lipinski definition) is 1. The van der Waals surface area contributed by atoms with E-state index in [0.717, 1.165) is 21.7 Å². The molecular formula is C16H16N4OS. The van der Waals surface area contributed by atoms with Gasteiger partial charge in [-0.05, 0) is 43.2 Å². The maximum absolute atomic E-state index is 12.4. The number of anilines is 1. The maximum Gasteiger partial charge on any atom is 0.266 e. The Bertz CT molecular complexity index is 834. The number of hydrogen-bond acceptors (Lipinski definition) is 4. The van der Waals surface area contributed by atoms with Crippen LogP contribution in [0.1, 0.15) is 20.9 Å². The fraction of sp³-hybridized carbons (Fsp3) is 0.188. The first kappa shape index (κ1) is 14.5. The van der Waals surface area contributed by atoms with Gasteiger partial charge in [0.05, 0.1) is 10.6 Å². The molecule has 3 rings (SSSR count). The highest BCUT2D eigenvalue weighted by Crippen LogP contribution is 2.30. The van der Waals surface area contributed by atoms with Crippen LogP contribution in [-0.2, 0) is 7.05 Å². The molecule has 3 aromatic rings. The molecule has 112 valence electrons. The van der Waals surface area contributed by atoms with Gasteiger partial charge in [-0.2, -0.15) is 5.10 Å². The Morgan fingerprint density at radius 2 is 2.09 bits per heavy atom. The molecule has 3 aromatic heterocycles. The van der Waals surface area contributed by atoms with Gasteiger partial charge >= 0.3 is 0 Å². The van der Waals surface area contributed by atoms with Crippen molar-refractivity contribution in [2.24, 2.45) is 7.05 Å². The fourth-order valence-electron chi connectivity index (χ4n) is 2.26. The van der Waals surface area contributed by atoms with E-state index in [2.05, 4.69) is 15.4 Å². The Hall–Kier alpha value is -2.47. The molecule has 0 saturated heterocycles. The van der Waals surface area contributed by atoms with E-state index in [1.165, 1.54) is 11.3 Å². The zero-order chi connectivity index (χ0) is 15.7. The van der Waals surface area contributed by atoms with Gasteiger partial charge in [0.15, 0.2) is 0 Å². The third-order valence-electron chi connectivity index (χ3n) is 3.36. The molecule has 0 spiro atoms. The van der Waals surface area contributed by atoms with Gasteiger partial charge in [0, 0.05) is 30.4 Å². The van der Waals surface area contributed by atoms with Crippen molar-refractivity contribution in [1.82, 2.24) is 14.8 Å². The van der Waals surface area contributed by atoms with Crippen molar-refractivity contribution in [1.29, 1.82) is 0 Å². The van der Waals surface area contributed by atoms with Gasteiger partial charge in [-0.15, -0.1) is 11.3 Å². The molecular weight excluding hydrogens is 296 g/mol. The summed E-state index contributed by atoms with van der Waals surface area (Å²) in [5, 5.41) is 7.11. The Morgan fingerprint density at radius 3 is 2.77 bits per heavy atom. The van der Waals surface area contributed by atoms with Gasteiger partial charge in [-0.25, -0.2) is 0 Å². The molecule has 1 N–H and O–H groups in total. The van der Waals surface area contributed by atoms with E-state index in [4.69, 9.17) is 0 Å². The van der Waals surface area contributed by atoms with E-state index < -0.39 is 0 Å². The molecule has 0 fully saturated rings. The summed E-state index contributed by atoms with van der Waals surface area (Å²) in [5.74, 6) is 0.573. The number of carbonyl (C=O) groups is 1. The first-order valence-electron chi connectivity index (χ1n) is 6.87. The molecule has 0 radical (unpaired) electrons. The lowest BCUT2D eigenvalue weighted by Gasteiger charge is -2.03. The van der Waals surface area contributed by atoms with Crippen LogP contribution in [0.25, 0.3) is 10.4 Å². The Labute approximate surface area is 132 Å². The largest absolute Gasteiger partial charge is 0.306 e. The van der Waals surface area contributed by atoms with Gasteiger partial charge in [0.25, 0.3) is 5.91 Å². The van der Waals surface area contributed by atoms with Crippen molar-refractivity contribution in [2.75, 3.05) is 5.32 Å². The Balaban J connectivity index is 1.83. The second-order valence-corrected chi connectivity index (χ2v) is 6.19. The van der Waals surface area contributed by atoms with Crippen molar-refractivity contribution < 1.29 is 4.79 Å². The van der Waals surface area contributed by atoms with Gasteiger partial charge in [0.2, 0.25) is 0 Å². The van der Waals surface area contributed by atoms with Crippen LogP contribution in [-0.4, -0.2) is 20.7 Å². The zero-order valence-corrected chi connectivity index (χ0v) is 13.4. The second kappa shape index (κ2) is 5.73. The molecule has 5 nitrogen and oxygen atoms in total. The predicted octanol–water partition coefficient (Wildman–Crippen LogP) is 3.41. The highest BCUT2D eigenvalue weighted by molar-refractivity contribution is 7.17. The summed E-state index contributed by atoms with van der Waals surface area (Å²) >= 11 is 1.47. The number of nitrogens with one attached hydrogen (secondary N) is 1. The lowest BCUT2D eigenvalue weighted by molar-refractivity contribution is 0.102. The summed E-state index contributed by atoms with van der Waals surface area (Å²) < 4.78 is 1.66. The zero-order valence-electron chi connectivity index (χ0n) is 12.6. The monoisotopic (exact) mass is 312 g/mol. The number of thiophene rings is 1. The number of rotatable bonds is 3. The SMILES string of the molecule is Cc1cc(NC(=O)c2ccc(-c3ccncc3C)s2)n(C)n1. The quantitative estimate of drug-likeness (QED) is 0.806. The van der Waals surface area contributed by atoms with Gasteiger partial charge < -0.3 is 5.32 Å². The van der Waals surface area contributed by atoms with Crippen molar-refractivity contribution in [2.45, 2.75) is 13.8 Å². The molecule has 6 heteroatoms. The molecule has 3 heterocycles. The van der Waals surface area contributed by atoms with Crippen molar-refractivity contribution in [3.8, 4) is 10.4 Å². The molecule has 1 amide bonds. The van der Waals surface area contributed by atoms with E-state index in [-0.39, 0.29) is 5.91 Å². The Kier molecular flexibility index (Phi) is 3.77. The first-order valence-corrected chi connectivity index (χ1v) is 7.69. The van der Waals surface area contributed by atoms with Crippen molar-refractivity contribution in [3.63, 3.8) is 0 Å². The molecule has 0 aliphatic carbocycles. The van der Waals surface area contributed by atoms with Crippen LogP contribution in [0.15, 0.2) is 36.7 Å². The third-order valence-corrected chi connectivity index (χ3v) is 4.48. The first-order chi connectivity index (χ1) is 10.5. The topological polar surface area (TPSA) is 59.8 Å². The number of aromatic nitrogens is 3. The summed E-state index contributed by atoms with van der Waals surface area (Å²) in [6.45, 7) is 3.91. The molecule has 0 unspecified atom stereocenters. The second-order valence-electron chi connectivity index (χ2n) is 5.10. The summed E-state index contributed by atoms with van der Waals surface area (Å²) in [4.78, 5) is 18.2. The molecule has 0 aliphatic heterocycles. The standard InChI is InChI=1S/C16H16N4OS/c1-10-9-17-7-6-12(10)13-4-5-14(22-13)16(21)18-15-8-11(2)19-20(15)3/h4-9H,1-3H3,(H,18,21). The molecule has 0 aliphatic rings. The fourth-order valence-corrected chi connectivity index (χ4v) is 3.25. The normalized spacial score (nSPS) is 10.7.